The van der Waals surface area contributed by atoms with E-state index in [0.29, 0.717) is 32.4 Å². The predicted octanol–water partition coefficient (Wildman–Crippen LogP) is 4.22. The number of nitrogens with zero attached hydrogens (tertiary/aromatic N) is 1. The summed E-state index contributed by atoms with van der Waals surface area (Å²) in [5.74, 6) is 0.584. The lowest BCUT2D eigenvalue weighted by Crippen LogP contribution is -2.45. The zero-order valence-electron chi connectivity index (χ0n) is 17.6. The molecule has 1 fully saturated rings. The van der Waals surface area contributed by atoms with E-state index in [9.17, 15) is 9.59 Å². The minimum Gasteiger partial charge on any atom is -0.497 e. The molecule has 6 nitrogen and oxygen atoms in total. The number of hydrogen-bond donors (Lipinski definition) is 0. The van der Waals surface area contributed by atoms with Crippen LogP contribution < -0.4 is 4.74 Å². The van der Waals surface area contributed by atoms with Gasteiger partial charge in [0.25, 0.3) is 0 Å². The van der Waals surface area contributed by atoms with Crippen LogP contribution >= 0.6 is 0 Å². The van der Waals surface area contributed by atoms with Gasteiger partial charge in [0, 0.05) is 13.1 Å². The summed E-state index contributed by atoms with van der Waals surface area (Å²) in [7, 11) is 3.06. The van der Waals surface area contributed by atoms with Crippen LogP contribution in [0.4, 0.5) is 4.79 Å². The maximum absolute atomic E-state index is 12.5. The van der Waals surface area contributed by atoms with E-state index < -0.39 is 0 Å². The summed E-state index contributed by atoms with van der Waals surface area (Å²) in [4.78, 5) is 26.3. The first-order valence-corrected chi connectivity index (χ1v) is 10.2. The van der Waals surface area contributed by atoms with E-state index in [0.717, 1.165) is 23.3 Å². The van der Waals surface area contributed by atoms with Gasteiger partial charge in [-0.05, 0) is 47.9 Å². The summed E-state index contributed by atoms with van der Waals surface area (Å²) in [6.07, 6.45) is 2.21. The Hall–Kier alpha value is -3.02. The van der Waals surface area contributed by atoms with Crippen molar-refractivity contribution < 1.29 is 23.8 Å². The van der Waals surface area contributed by atoms with E-state index in [1.54, 1.807) is 12.0 Å². The highest BCUT2D eigenvalue weighted by atomic mass is 16.6. The van der Waals surface area contributed by atoms with Crippen LogP contribution in [0.5, 0.6) is 5.75 Å². The lowest BCUT2D eigenvalue weighted by molar-refractivity contribution is -0.144. The molecule has 1 heterocycles. The van der Waals surface area contributed by atoms with Crippen molar-refractivity contribution >= 4 is 12.1 Å². The number of hydrogen-bond acceptors (Lipinski definition) is 5. The Morgan fingerprint density at radius 3 is 2.20 bits per heavy atom. The summed E-state index contributed by atoms with van der Waals surface area (Å²) < 4.78 is 15.6. The fourth-order valence-corrected chi connectivity index (χ4v) is 3.95. The van der Waals surface area contributed by atoms with E-state index in [1.807, 2.05) is 54.6 Å². The molecule has 6 heteroatoms. The highest BCUT2D eigenvalue weighted by molar-refractivity contribution is 5.70. The molecule has 0 saturated carbocycles. The molecule has 0 N–H and O–H groups in total. The van der Waals surface area contributed by atoms with Gasteiger partial charge in [0.15, 0.2) is 0 Å². The third kappa shape index (κ3) is 5.75. The standard InChI is InChI=1S/C24H29NO5/c1-28-21-10-8-19(9-11-21)16-24(17-22(26)29-2)12-14-25(15-13-24)23(27)30-18-20-6-4-3-5-7-20/h3-11H,12-18H2,1-2H3. The van der Waals surface area contributed by atoms with Gasteiger partial charge in [0.2, 0.25) is 0 Å². The van der Waals surface area contributed by atoms with E-state index in [2.05, 4.69) is 0 Å². The van der Waals surface area contributed by atoms with E-state index >= 15 is 0 Å². The van der Waals surface area contributed by atoms with Gasteiger partial charge in [-0.25, -0.2) is 4.79 Å². The second-order valence-electron chi connectivity index (χ2n) is 7.80. The van der Waals surface area contributed by atoms with Crippen molar-refractivity contribution in [3.8, 4) is 5.75 Å². The van der Waals surface area contributed by atoms with Crippen molar-refractivity contribution in [2.75, 3.05) is 27.3 Å². The molecule has 3 rings (SSSR count). The zero-order chi connectivity index (χ0) is 21.4. The van der Waals surface area contributed by atoms with Crippen LogP contribution in [0.1, 0.15) is 30.4 Å². The van der Waals surface area contributed by atoms with Gasteiger partial charge in [-0.15, -0.1) is 0 Å². The number of likely N-dealkylation sites (tertiary alicyclic amines) is 1. The summed E-state index contributed by atoms with van der Waals surface area (Å²) >= 11 is 0. The lowest BCUT2D eigenvalue weighted by Gasteiger charge is -2.41. The number of benzene rings is 2. The molecule has 1 aliphatic heterocycles. The summed E-state index contributed by atoms with van der Waals surface area (Å²) in [6.45, 7) is 1.37. The monoisotopic (exact) mass is 411 g/mol. The maximum Gasteiger partial charge on any atom is 0.410 e. The smallest absolute Gasteiger partial charge is 0.410 e. The van der Waals surface area contributed by atoms with Crippen LogP contribution in [0.3, 0.4) is 0 Å². The minimum absolute atomic E-state index is 0.219. The Kier molecular flexibility index (Phi) is 7.33. The molecule has 0 radical (unpaired) electrons. The van der Waals surface area contributed by atoms with Crippen LogP contribution in [0.15, 0.2) is 54.6 Å². The van der Waals surface area contributed by atoms with Gasteiger partial charge < -0.3 is 19.1 Å². The molecule has 0 spiro atoms. The molecule has 1 amide bonds. The molecule has 0 aliphatic carbocycles. The molecule has 2 aromatic rings. The number of esters is 1. The summed E-state index contributed by atoms with van der Waals surface area (Å²) in [6, 6.07) is 17.5. The topological polar surface area (TPSA) is 65.1 Å². The average Bonchev–Trinajstić information content (AvgIpc) is 2.79. The Morgan fingerprint density at radius 2 is 1.60 bits per heavy atom. The molecule has 2 aromatic carbocycles. The Bertz CT molecular complexity index is 826. The second kappa shape index (κ2) is 10.1. The van der Waals surface area contributed by atoms with Crippen molar-refractivity contribution in [2.45, 2.75) is 32.3 Å². The Morgan fingerprint density at radius 1 is 0.933 bits per heavy atom. The number of rotatable bonds is 7. The molecule has 1 saturated heterocycles. The molecule has 0 aromatic heterocycles. The third-order valence-electron chi connectivity index (χ3n) is 5.77. The Balaban J connectivity index is 1.61. The normalized spacial score (nSPS) is 15.3. The highest BCUT2D eigenvalue weighted by Crippen LogP contribution is 2.39. The van der Waals surface area contributed by atoms with Crippen LogP contribution in [0.25, 0.3) is 0 Å². The quantitative estimate of drug-likeness (QED) is 0.638. The first kappa shape index (κ1) is 21.7. The molecular formula is C24H29NO5. The Labute approximate surface area is 177 Å². The SMILES string of the molecule is COC(=O)CC1(Cc2ccc(OC)cc2)CCN(C(=O)OCc2ccccc2)CC1. The van der Waals surface area contributed by atoms with Crippen molar-refractivity contribution in [3.05, 3.63) is 65.7 Å². The van der Waals surface area contributed by atoms with Crippen LogP contribution in [-0.2, 0) is 27.3 Å². The number of piperidine rings is 1. The second-order valence-corrected chi connectivity index (χ2v) is 7.80. The number of carbonyl (C=O) groups is 2. The van der Waals surface area contributed by atoms with Crippen molar-refractivity contribution in [1.29, 1.82) is 0 Å². The van der Waals surface area contributed by atoms with Gasteiger partial charge >= 0.3 is 12.1 Å². The zero-order valence-corrected chi connectivity index (χ0v) is 17.6. The number of ether oxygens (including phenoxy) is 3. The highest BCUT2D eigenvalue weighted by Gasteiger charge is 2.38. The molecule has 1 aliphatic rings. The van der Waals surface area contributed by atoms with Crippen LogP contribution in [0, 0.1) is 5.41 Å². The van der Waals surface area contributed by atoms with Crippen molar-refractivity contribution in [1.82, 2.24) is 4.90 Å². The number of amides is 1. The molecule has 30 heavy (non-hydrogen) atoms. The first-order chi connectivity index (χ1) is 14.5. The van der Waals surface area contributed by atoms with E-state index in [-0.39, 0.29) is 24.1 Å². The molecule has 0 atom stereocenters. The van der Waals surface area contributed by atoms with Gasteiger partial charge in [0.05, 0.1) is 20.6 Å². The third-order valence-corrected chi connectivity index (χ3v) is 5.77. The minimum atomic E-state index is -0.310. The summed E-state index contributed by atoms with van der Waals surface area (Å²) in [5, 5.41) is 0. The van der Waals surface area contributed by atoms with Crippen molar-refractivity contribution in [3.63, 3.8) is 0 Å². The molecular weight excluding hydrogens is 382 g/mol. The molecule has 160 valence electrons. The number of methoxy groups -OCH3 is 2. The molecule has 0 unspecified atom stereocenters. The average molecular weight is 411 g/mol. The predicted molar refractivity (Wildman–Crippen MR) is 113 cm³/mol. The van der Waals surface area contributed by atoms with Gasteiger partial charge in [-0.3, -0.25) is 4.79 Å². The van der Waals surface area contributed by atoms with Gasteiger partial charge in [0.1, 0.15) is 12.4 Å². The van der Waals surface area contributed by atoms with Crippen LogP contribution in [0.2, 0.25) is 0 Å². The largest absolute Gasteiger partial charge is 0.497 e. The fraction of sp³-hybridized carbons (Fsp3) is 0.417. The first-order valence-electron chi connectivity index (χ1n) is 10.2. The van der Waals surface area contributed by atoms with Crippen molar-refractivity contribution in [2.24, 2.45) is 5.41 Å². The van der Waals surface area contributed by atoms with Gasteiger partial charge in [-0.2, -0.15) is 0 Å². The van der Waals surface area contributed by atoms with E-state index in [1.165, 1.54) is 7.11 Å². The van der Waals surface area contributed by atoms with E-state index in [4.69, 9.17) is 14.2 Å². The maximum atomic E-state index is 12.5. The van der Waals surface area contributed by atoms with Crippen LogP contribution in [-0.4, -0.2) is 44.3 Å². The summed E-state index contributed by atoms with van der Waals surface area (Å²) in [5.41, 5.74) is 1.86. The number of carbonyl (C=O) groups excluding carboxylic acids is 2. The van der Waals surface area contributed by atoms with Gasteiger partial charge in [-0.1, -0.05) is 42.5 Å². The lowest BCUT2D eigenvalue weighted by atomic mass is 9.71. The molecule has 0 bridgehead atoms. The fourth-order valence-electron chi connectivity index (χ4n) is 3.95.